The van der Waals surface area contributed by atoms with Crippen molar-refractivity contribution in [2.75, 3.05) is 5.73 Å². The van der Waals surface area contributed by atoms with Crippen molar-refractivity contribution in [3.05, 3.63) is 66.1 Å². The minimum Gasteiger partial charge on any atom is -0.383 e. The summed E-state index contributed by atoms with van der Waals surface area (Å²) in [5, 5.41) is 4.52. The van der Waals surface area contributed by atoms with Gasteiger partial charge >= 0.3 is 0 Å². The summed E-state index contributed by atoms with van der Waals surface area (Å²) in [7, 11) is 0. The van der Waals surface area contributed by atoms with Gasteiger partial charge in [0.15, 0.2) is 5.65 Å². The van der Waals surface area contributed by atoms with E-state index in [1.54, 1.807) is 4.52 Å². The molecule has 1 aromatic carbocycles. The van der Waals surface area contributed by atoms with Gasteiger partial charge in [-0.05, 0) is 25.8 Å². The summed E-state index contributed by atoms with van der Waals surface area (Å²) < 4.78 is 1.77. The summed E-state index contributed by atoms with van der Waals surface area (Å²) in [5.41, 5.74) is 13.5. The first-order chi connectivity index (χ1) is 14.2. The monoisotopic (exact) mass is 383 g/mol. The number of nitrogens with zero attached hydrogens (tertiary/aromatic N) is 4. The molecule has 1 fully saturated rings. The number of anilines is 1. The third-order valence-corrected chi connectivity index (χ3v) is 6.10. The lowest BCUT2D eigenvalue weighted by molar-refractivity contribution is 0.435. The van der Waals surface area contributed by atoms with Gasteiger partial charge in [-0.25, -0.2) is 4.98 Å². The molecule has 0 aliphatic heterocycles. The highest BCUT2D eigenvalue weighted by Crippen LogP contribution is 2.36. The molecule has 3 aromatic heterocycles. The van der Waals surface area contributed by atoms with Gasteiger partial charge in [-0.15, -0.1) is 0 Å². The van der Waals surface area contributed by atoms with Crippen molar-refractivity contribution in [3.8, 4) is 22.4 Å². The smallest absolute Gasteiger partial charge is 0.165 e. The van der Waals surface area contributed by atoms with E-state index in [2.05, 4.69) is 35.2 Å². The van der Waals surface area contributed by atoms with Crippen LogP contribution in [0.25, 0.3) is 28.0 Å². The number of hydrogen-bond donors (Lipinski definition) is 1. The summed E-state index contributed by atoms with van der Waals surface area (Å²) in [6.45, 7) is 2.07. The van der Waals surface area contributed by atoms with Crippen LogP contribution in [0.5, 0.6) is 0 Å². The van der Waals surface area contributed by atoms with Crippen LogP contribution in [0.1, 0.15) is 49.3 Å². The maximum atomic E-state index is 6.46. The summed E-state index contributed by atoms with van der Waals surface area (Å²) in [6, 6.07) is 14.3. The zero-order chi connectivity index (χ0) is 19.8. The summed E-state index contributed by atoms with van der Waals surface area (Å²) in [4.78, 5) is 9.74. The van der Waals surface area contributed by atoms with Crippen molar-refractivity contribution in [2.24, 2.45) is 0 Å². The van der Waals surface area contributed by atoms with E-state index in [-0.39, 0.29) is 0 Å². The van der Waals surface area contributed by atoms with Crippen LogP contribution in [0.15, 0.2) is 54.9 Å². The molecule has 1 aliphatic carbocycles. The Balaban J connectivity index is 1.57. The predicted octanol–water partition coefficient (Wildman–Crippen LogP) is 5.40. The first kappa shape index (κ1) is 17.9. The molecular weight excluding hydrogens is 358 g/mol. The zero-order valence-corrected chi connectivity index (χ0v) is 16.7. The van der Waals surface area contributed by atoms with E-state index >= 15 is 0 Å². The summed E-state index contributed by atoms with van der Waals surface area (Å²) >= 11 is 0. The second-order valence-corrected chi connectivity index (χ2v) is 7.93. The Kier molecular flexibility index (Phi) is 4.51. The molecular formula is C24H25N5. The van der Waals surface area contributed by atoms with Gasteiger partial charge < -0.3 is 5.73 Å². The molecule has 0 amide bonds. The molecule has 0 atom stereocenters. The first-order valence-electron chi connectivity index (χ1n) is 10.4. The average Bonchev–Trinajstić information content (AvgIpc) is 3.22. The quantitative estimate of drug-likeness (QED) is 0.514. The molecule has 1 aliphatic rings. The van der Waals surface area contributed by atoms with Crippen molar-refractivity contribution in [3.63, 3.8) is 0 Å². The lowest BCUT2D eigenvalue weighted by Crippen LogP contribution is -2.13. The van der Waals surface area contributed by atoms with Gasteiger partial charge in [0.2, 0.25) is 0 Å². The minimum absolute atomic E-state index is 0.498. The maximum Gasteiger partial charge on any atom is 0.165 e. The molecule has 5 heteroatoms. The molecule has 5 rings (SSSR count). The largest absolute Gasteiger partial charge is 0.383 e. The van der Waals surface area contributed by atoms with E-state index in [4.69, 9.17) is 10.7 Å². The Morgan fingerprint density at radius 1 is 0.931 bits per heavy atom. The topological polar surface area (TPSA) is 69.1 Å². The van der Waals surface area contributed by atoms with Crippen molar-refractivity contribution < 1.29 is 0 Å². The van der Waals surface area contributed by atoms with Crippen LogP contribution in [0.2, 0.25) is 0 Å². The van der Waals surface area contributed by atoms with Gasteiger partial charge in [-0.1, -0.05) is 55.7 Å². The van der Waals surface area contributed by atoms with Gasteiger partial charge in [0.05, 0.1) is 17.6 Å². The van der Waals surface area contributed by atoms with Gasteiger partial charge in [-0.3, -0.25) is 4.98 Å². The first-order valence-corrected chi connectivity index (χ1v) is 10.4. The van der Waals surface area contributed by atoms with Crippen LogP contribution in [-0.2, 0) is 0 Å². The van der Waals surface area contributed by atoms with E-state index in [1.807, 2.05) is 36.7 Å². The second kappa shape index (κ2) is 7.32. The van der Waals surface area contributed by atoms with E-state index in [0.717, 1.165) is 39.3 Å². The van der Waals surface area contributed by atoms with Crippen LogP contribution in [0.3, 0.4) is 0 Å². The highest BCUT2D eigenvalue weighted by molar-refractivity contribution is 5.79. The number of benzene rings is 1. The standard InChI is InChI=1S/C24H25N5/c1-16-22(18-10-6-3-7-11-18)28-24-20(15-27-29(24)23(16)25)19-12-13-21(26-14-19)17-8-4-2-5-9-17/h2,4-5,8-9,12-15,18H,3,6-7,10-11,25H2,1H3. The number of fused-ring (bicyclic) bond motifs is 1. The van der Waals surface area contributed by atoms with Crippen molar-refractivity contribution >= 4 is 11.5 Å². The third kappa shape index (κ3) is 3.16. The summed E-state index contributed by atoms with van der Waals surface area (Å²) in [6.07, 6.45) is 10.0. The lowest BCUT2D eigenvalue weighted by Gasteiger charge is -2.23. The fraction of sp³-hybridized carbons (Fsp3) is 0.292. The highest BCUT2D eigenvalue weighted by atomic mass is 15.3. The SMILES string of the molecule is Cc1c(C2CCCCC2)nc2c(-c3ccc(-c4ccccc4)nc3)cnn2c1N. The molecule has 2 N–H and O–H groups in total. The van der Waals surface area contributed by atoms with Crippen molar-refractivity contribution in [1.82, 2.24) is 19.6 Å². The Hall–Kier alpha value is -3.21. The molecule has 0 saturated heterocycles. The Bertz CT molecular complexity index is 1140. The number of aromatic nitrogens is 4. The summed E-state index contributed by atoms with van der Waals surface area (Å²) in [5.74, 6) is 1.19. The molecule has 0 bridgehead atoms. The predicted molar refractivity (Wildman–Crippen MR) is 117 cm³/mol. The van der Waals surface area contributed by atoms with Gasteiger partial charge in [0.1, 0.15) is 5.82 Å². The molecule has 0 spiro atoms. The van der Waals surface area contributed by atoms with Crippen molar-refractivity contribution in [1.29, 1.82) is 0 Å². The van der Waals surface area contributed by atoms with Crippen LogP contribution in [0.4, 0.5) is 5.82 Å². The molecule has 5 nitrogen and oxygen atoms in total. The average molecular weight is 383 g/mol. The molecule has 0 radical (unpaired) electrons. The Labute approximate surface area is 170 Å². The molecule has 1 saturated carbocycles. The van der Waals surface area contributed by atoms with E-state index in [9.17, 15) is 0 Å². The van der Waals surface area contributed by atoms with Crippen molar-refractivity contribution in [2.45, 2.75) is 44.9 Å². The Morgan fingerprint density at radius 2 is 1.72 bits per heavy atom. The Morgan fingerprint density at radius 3 is 2.45 bits per heavy atom. The molecule has 29 heavy (non-hydrogen) atoms. The van der Waals surface area contributed by atoms with E-state index in [1.165, 1.54) is 32.1 Å². The van der Waals surface area contributed by atoms with E-state index < -0.39 is 0 Å². The zero-order valence-electron chi connectivity index (χ0n) is 16.7. The minimum atomic E-state index is 0.498. The normalized spacial score (nSPS) is 15.1. The lowest BCUT2D eigenvalue weighted by atomic mass is 9.85. The highest BCUT2D eigenvalue weighted by Gasteiger charge is 2.23. The number of nitrogen functional groups attached to an aromatic ring is 1. The van der Waals surface area contributed by atoms with Crippen LogP contribution < -0.4 is 5.73 Å². The van der Waals surface area contributed by atoms with Gasteiger partial charge in [-0.2, -0.15) is 9.61 Å². The number of nitrogens with two attached hydrogens (primary N) is 1. The van der Waals surface area contributed by atoms with Crippen LogP contribution in [0, 0.1) is 6.92 Å². The fourth-order valence-electron chi connectivity index (χ4n) is 4.42. The molecule has 4 aromatic rings. The fourth-order valence-corrected chi connectivity index (χ4v) is 4.42. The molecule has 0 unspecified atom stereocenters. The van der Waals surface area contributed by atoms with Crippen LogP contribution >= 0.6 is 0 Å². The number of hydrogen-bond acceptors (Lipinski definition) is 4. The third-order valence-electron chi connectivity index (χ3n) is 6.10. The maximum absolute atomic E-state index is 6.46. The van der Waals surface area contributed by atoms with Gasteiger partial charge in [0, 0.05) is 34.4 Å². The second-order valence-electron chi connectivity index (χ2n) is 7.93. The van der Waals surface area contributed by atoms with E-state index in [0.29, 0.717) is 11.7 Å². The number of pyridine rings is 1. The van der Waals surface area contributed by atoms with Crippen LogP contribution in [-0.4, -0.2) is 19.6 Å². The van der Waals surface area contributed by atoms with Gasteiger partial charge in [0.25, 0.3) is 0 Å². The number of rotatable bonds is 3. The molecule has 3 heterocycles. The molecule has 146 valence electrons.